The van der Waals surface area contributed by atoms with Gasteiger partial charge in [-0.25, -0.2) is 4.79 Å². The maximum absolute atomic E-state index is 12.4. The van der Waals surface area contributed by atoms with Crippen LogP contribution in [0.2, 0.25) is 0 Å². The third-order valence-electron chi connectivity index (χ3n) is 5.73. The maximum Gasteiger partial charge on any atom is 0.317 e. The summed E-state index contributed by atoms with van der Waals surface area (Å²) in [6, 6.07) is 11.3. The van der Waals surface area contributed by atoms with Gasteiger partial charge in [-0.2, -0.15) is 0 Å². The summed E-state index contributed by atoms with van der Waals surface area (Å²) >= 11 is 0. The van der Waals surface area contributed by atoms with Crippen molar-refractivity contribution in [3.05, 3.63) is 35.9 Å². The Hall–Kier alpha value is -1.59. The van der Waals surface area contributed by atoms with Crippen LogP contribution in [0.3, 0.4) is 0 Å². The standard InChI is InChI=1S/C20H29N3O2/c24-20(21-12-16-4-2-1-3-5-16)22-14-19(15-22)23(13-17-6-7-17)18-8-10-25-11-9-18/h1-5,17-19H,6-15H2,(H,21,24). The third-order valence-corrected chi connectivity index (χ3v) is 5.73. The fraction of sp³-hybridized carbons (Fsp3) is 0.650. The predicted molar refractivity (Wildman–Crippen MR) is 97.3 cm³/mol. The van der Waals surface area contributed by atoms with Gasteiger partial charge in [-0.05, 0) is 37.2 Å². The monoisotopic (exact) mass is 343 g/mol. The number of carbonyl (C=O) groups is 1. The van der Waals surface area contributed by atoms with E-state index in [1.807, 2.05) is 35.2 Å². The molecule has 2 heterocycles. The zero-order valence-corrected chi connectivity index (χ0v) is 14.9. The van der Waals surface area contributed by atoms with Crippen LogP contribution in [0.4, 0.5) is 4.79 Å². The lowest BCUT2D eigenvalue weighted by Gasteiger charge is -2.49. The summed E-state index contributed by atoms with van der Waals surface area (Å²) in [6.07, 6.45) is 5.05. The molecule has 0 atom stereocenters. The Kier molecular flexibility index (Phi) is 5.22. The van der Waals surface area contributed by atoms with Crippen molar-refractivity contribution in [3.8, 4) is 0 Å². The topological polar surface area (TPSA) is 44.8 Å². The molecule has 25 heavy (non-hydrogen) atoms. The van der Waals surface area contributed by atoms with E-state index < -0.39 is 0 Å². The summed E-state index contributed by atoms with van der Waals surface area (Å²) in [6.45, 7) is 5.33. The minimum atomic E-state index is 0.0680. The fourth-order valence-corrected chi connectivity index (χ4v) is 3.93. The molecule has 1 saturated carbocycles. The molecule has 4 rings (SSSR count). The van der Waals surface area contributed by atoms with Crippen LogP contribution >= 0.6 is 0 Å². The second kappa shape index (κ2) is 7.75. The van der Waals surface area contributed by atoms with Gasteiger partial charge in [0, 0.05) is 51.5 Å². The van der Waals surface area contributed by atoms with Crippen molar-refractivity contribution < 1.29 is 9.53 Å². The van der Waals surface area contributed by atoms with Crippen LogP contribution in [0, 0.1) is 5.92 Å². The zero-order valence-electron chi connectivity index (χ0n) is 14.9. The van der Waals surface area contributed by atoms with Gasteiger partial charge < -0.3 is 15.0 Å². The average Bonchev–Trinajstić information content (AvgIpc) is 3.44. The van der Waals surface area contributed by atoms with Crippen molar-refractivity contribution in [2.75, 3.05) is 32.8 Å². The molecule has 0 radical (unpaired) electrons. The molecule has 1 aromatic rings. The van der Waals surface area contributed by atoms with Crippen LogP contribution in [-0.2, 0) is 11.3 Å². The van der Waals surface area contributed by atoms with Gasteiger partial charge >= 0.3 is 6.03 Å². The van der Waals surface area contributed by atoms with Gasteiger partial charge in [-0.15, -0.1) is 0 Å². The number of rotatable bonds is 6. The molecule has 0 spiro atoms. The highest BCUT2D eigenvalue weighted by Crippen LogP contribution is 2.33. The molecule has 1 aliphatic carbocycles. The number of benzene rings is 1. The molecule has 5 nitrogen and oxygen atoms in total. The number of nitrogens with zero attached hydrogens (tertiary/aromatic N) is 2. The SMILES string of the molecule is O=C(NCc1ccccc1)N1CC(N(CC2CC2)C2CCOCC2)C1. The third kappa shape index (κ3) is 4.33. The van der Waals surface area contributed by atoms with Crippen molar-refractivity contribution in [3.63, 3.8) is 0 Å². The van der Waals surface area contributed by atoms with Crippen LogP contribution < -0.4 is 5.32 Å². The Balaban J connectivity index is 1.26. The lowest BCUT2D eigenvalue weighted by Crippen LogP contribution is -2.65. The highest BCUT2D eigenvalue weighted by molar-refractivity contribution is 5.75. The molecule has 1 N–H and O–H groups in total. The van der Waals surface area contributed by atoms with Crippen LogP contribution in [0.5, 0.6) is 0 Å². The van der Waals surface area contributed by atoms with Gasteiger partial charge in [0.2, 0.25) is 0 Å². The highest BCUT2D eigenvalue weighted by Gasteiger charge is 2.40. The summed E-state index contributed by atoms with van der Waals surface area (Å²) in [4.78, 5) is 17.0. The first-order valence-corrected chi connectivity index (χ1v) is 9.70. The number of hydrogen-bond acceptors (Lipinski definition) is 3. The van der Waals surface area contributed by atoms with Crippen molar-refractivity contribution in [1.82, 2.24) is 15.1 Å². The molecule has 2 saturated heterocycles. The van der Waals surface area contributed by atoms with Crippen molar-refractivity contribution in [2.45, 2.75) is 44.3 Å². The van der Waals surface area contributed by atoms with Crippen molar-refractivity contribution in [2.24, 2.45) is 5.92 Å². The number of urea groups is 1. The molecule has 3 fully saturated rings. The lowest BCUT2D eigenvalue weighted by atomic mass is 9.99. The number of amides is 2. The fourth-order valence-electron chi connectivity index (χ4n) is 3.93. The minimum Gasteiger partial charge on any atom is -0.381 e. The number of carbonyl (C=O) groups excluding carboxylic acids is 1. The van der Waals surface area contributed by atoms with Gasteiger partial charge in [0.15, 0.2) is 0 Å². The average molecular weight is 343 g/mol. The van der Waals surface area contributed by atoms with Gasteiger partial charge in [0.05, 0.1) is 0 Å². The van der Waals surface area contributed by atoms with E-state index in [1.54, 1.807) is 0 Å². The van der Waals surface area contributed by atoms with Crippen LogP contribution in [0.25, 0.3) is 0 Å². The normalized spacial score (nSPS) is 22.0. The first-order chi connectivity index (χ1) is 12.3. The summed E-state index contributed by atoms with van der Waals surface area (Å²) in [7, 11) is 0. The summed E-state index contributed by atoms with van der Waals surface area (Å²) < 4.78 is 5.53. The van der Waals surface area contributed by atoms with E-state index in [0.29, 0.717) is 18.6 Å². The number of likely N-dealkylation sites (tertiary alicyclic amines) is 1. The number of ether oxygens (including phenoxy) is 1. The molecule has 0 aromatic heterocycles. The smallest absolute Gasteiger partial charge is 0.317 e. The van der Waals surface area contributed by atoms with Gasteiger partial charge in [-0.3, -0.25) is 4.90 Å². The van der Waals surface area contributed by atoms with Crippen LogP contribution in [0.1, 0.15) is 31.2 Å². The second-order valence-electron chi connectivity index (χ2n) is 7.69. The van der Waals surface area contributed by atoms with E-state index in [-0.39, 0.29) is 6.03 Å². The summed E-state index contributed by atoms with van der Waals surface area (Å²) in [5.74, 6) is 0.892. The molecule has 136 valence electrons. The van der Waals surface area contributed by atoms with Crippen molar-refractivity contribution >= 4 is 6.03 Å². The first-order valence-electron chi connectivity index (χ1n) is 9.70. The molecule has 1 aromatic carbocycles. The zero-order chi connectivity index (χ0) is 17.1. The van der Waals surface area contributed by atoms with Gasteiger partial charge in [0.25, 0.3) is 0 Å². The van der Waals surface area contributed by atoms with E-state index in [0.717, 1.165) is 50.6 Å². The molecular formula is C20H29N3O2. The number of hydrogen-bond donors (Lipinski definition) is 1. The quantitative estimate of drug-likeness (QED) is 0.863. The largest absolute Gasteiger partial charge is 0.381 e. The van der Waals surface area contributed by atoms with Gasteiger partial charge in [-0.1, -0.05) is 30.3 Å². The van der Waals surface area contributed by atoms with E-state index in [4.69, 9.17) is 4.74 Å². The van der Waals surface area contributed by atoms with Gasteiger partial charge in [0.1, 0.15) is 0 Å². The second-order valence-corrected chi connectivity index (χ2v) is 7.69. The van der Waals surface area contributed by atoms with E-state index in [2.05, 4.69) is 10.2 Å². The molecule has 5 heteroatoms. The first kappa shape index (κ1) is 16.9. The van der Waals surface area contributed by atoms with E-state index >= 15 is 0 Å². The Morgan fingerprint density at radius 3 is 2.48 bits per heavy atom. The highest BCUT2D eigenvalue weighted by atomic mass is 16.5. The minimum absolute atomic E-state index is 0.0680. The molecule has 2 aliphatic heterocycles. The number of nitrogens with one attached hydrogen (secondary N) is 1. The van der Waals surface area contributed by atoms with Crippen LogP contribution in [0.15, 0.2) is 30.3 Å². The summed E-state index contributed by atoms with van der Waals surface area (Å²) in [5, 5.41) is 3.04. The molecule has 0 unspecified atom stereocenters. The predicted octanol–water partition coefficient (Wildman–Crippen LogP) is 2.47. The van der Waals surface area contributed by atoms with Crippen LogP contribution in [-0.4, -0.2) is 60.8 Å². The molecule has 0 bridgehead atoms. The Labute approximate surface area is 150 Å². The molecular weight excluding hydrogens is 314 g/mol. The Morgan fingerprint density at radius 1 is 1.08 bits per heavy atom. The molecule has 3 aliphatic rings. The Bertz CT molecular complexity index is 564. The molecule has 2 amide bonds. The lowest BCUT2D eigenvalue weighted by molar-refractivity contribution is -0.0213. The van der Waals surface area contributed by atoms with Crippen molar-refractivity contribution in [1.29, 1.82) is 0 Å². The van der Waals surface area contributed by atoms with E-state index in [1.165, 1.54) is 19.4 Å². The van der Waals surface area contributed by atoms with E-state index in [9.17, 15) is 4.79 Å². The summed E-state index contributed by atoms with van der Waals surface area (Å²) in [5.41, 5.74) is 1.14. The Morgan fingerprint density at radius 2 is 1.80 bits per heavy atom. The maximum atomic E-state index is 12.4.